The van der Waals surface area contributed by atoms with E-state index in [1.54, 1.807) is 18.3 Å². The molecule has 7 heteroatoms. The lowest BCUT2D eigenvalue weighted by molar-refractivity contribution is 0.211. The van der Waals surface area contributed by atoms with Crippen LogP contribution in [0, 0.1) is 0 Å². The van der Waals surface area contributed by atoms with Gasteiger partial charge in [0.1, 0.15) is 12.4 Å². The molecule has 27 heavy (non-hydrogen) atoms. The number of hydrogen-bond donors (Lipinski definition) is 1. The van der Waals surface area contributed by atoms with E-state index in [-0.39, 0.29) is 5.75 Å². The van der Waals surface area contributed by atoms with Gasteiger partial charge >= 0.3 is 0 Å². The summed E-state index contributed by atoms with van der Waals surface area (Å²) in [5.41, 5.74) is 2.53. The summed E-state index contributed by atoms with van der Waals surface area (Å²) >= 11 is 5.93. The third-order valence-corrected chi connectivity index (χ3v) is 4.95. The molecule has 1 N–H and O–H groups in total. The number of phenolic OH excluding ortho intramolecular Hbond substituents is 1. The van der Waals surface area contributed by atoms with Crippen LogP contribution < -0.4 is 4.74 Å². The summed E-state index contributed by atoms with van der Waals surface area (Å²) in [6.45, 7) is 5.68. The van der Waals surface area contributed by atoms with E-state index in [9.17, 15) is 5.11 Å². The fourth-order valence-electron chi connectivity index (χ4n) is 3.36. The summed E-state index contributed by atoms with van der Waals surface area (Å²) in [5, 5.41) is 11.1. The van der Waals surface area contributed by atoms with Crippen molar-refractivity contribution in [3.05, 3.63) is 59.3 Å². The Bertz CT molecular complexity index is 940. The highest BCUT2D eigenvalue weighted by molar-refractivity contribution is 6.30. The van der Waals surface area contributed by atoms with Gasteiger partial charge in [-0.25, -0.2) is 4.98 Å². The molecule has 6 nitrogen and oxygen atoms in total. The van der Waals surface area contributed by atoms with E-state index in [1.807, 2.05) is 24.5 Å². The van der Waals surface area contributed by atoms with Gasteiger partial charge in [-0.3, -0.25) is 9.88 Å². The Labute approximate surface area is 163 Å². The standard InChI is InChI=1S/C20H21ClN4O2/c1-2-25-6-5-22-19(25)13-24-7-8-27-20-15(12-24)9-14(10-18(20)26)17-4-3-16(21)11-23-17/h3-6,9-11,26H,2,7-8,12-13H2,1H3. The maximum atomic E-state index is 10.5. The first-order chi connectivity index (χ1) is 13.1. The van der Waals surface area contributed by atoms with Crippen molar-refractivity contribution in [1.29, 1.82) is 0 Å². The Morgan fingerprint density at radius 2 is 2.15 bits per heavy atom. The van der Waals surface area contributed by atoms with E-state index in [4.69, 9.17) is 16.3 Å². The van der Waals surface area contributed by atoms with Gasteiger partial charge < -0.3 is 14.4 Å². The lowest BCUT2D eigenvalue weighted by Gasteiger charge is -2.19. The van der Waals surface area contributed by atoms with Crippen LogP contribution in [0.5, 0.6) is 11.5 Å². The number of benzene rings is 1. The van der Waals surface area contributed by atoms with Crippen molar-refractivity contribution in [3.8, 4) is 22.8 Å². The number of rotatable bonds is 4. The molecule has 0 fully saturated rings. The molecule has 140 valence electrons. The first kappa shape index (κ1) is 17.8. The minimum absolute atomic E-state index is 0.135. The number of fused-ring (bicyclic) bond motifs is 1. The van der Waals surface area contributed by atoms with E-state index in [2.05, 4.69) is 26.4 Å². The summed E-state index contributed by atoms with van der Waals surface area (Å²) in [6.07, 6.45) is 5.43. The van der Waals surface area contributed by atoms with E-state index < -0.39 is 0 Å². The zero-order valence-electron chi connectivity index (χ0n) is 15.1. The number of aromatic hydroxyl groups is 1. The van der Waals surface area contributed by atoms with Gasteiger partial charge in [0.25, 0.3) is 0 Å². The molecule has 0 radical (unpaired) electrons. The number of halogens is 1. The van der Waals surface area contributed by atoms with Crippen LogP contribution in [0.25, 0.3) is 11.3 Å². The monoisotopic (exact) mass is 384 g/mol. The van der Waals surface area contributed by atoms with E-state index in [1.165, 1.54) is 0 Å². The average molecular weight is 385 g/mol. The van der Waals surface area contributed by atoms with Crippen LogP contribution in [0.3, 0.4) is 0 Å². The zero-order chi connectivity index (χ0) is 18.8. The number of pyridine rings is 1. The molecule has 0 atom stereocenters. The van der Waals surface area contributed by atoms with Crippen molar-refractivity contribution in [2.24, 2.45) is 0 Å². The Balaban J connectivity index is 1.63. The molecule has 1 aliphatic heterocycles. The quantitative estimate of drug-likeness (QED) is 0.742. The fourth-order valence-corrected chi connectivity index (χ4v) is 3.47. The van der Waals surface area contributed by atoms with Crippen LogP contribution in [0.2, 0.25) is 5.02 Å². The molecule has 0 spiro atoms. The van der Waals surface area contributed by atoms with Gasteiger partial charge in [0.15, 0.2) is 11.5 Å². The molecule has 2 aromatic heterocycles. The van der Waals surface area contributed by atoms with E-state index >= 15 is 0 Å². The van der Waals surface area contributed by atoms with Gasteiger partial charge in [-0.2, -0.15) is 0 Å². The molecule has 1 aromatic carbocycles. The van der Waals surface area contributed by atoms with Crippen LogP contribution in [-0.2, 0) is 19.6 Å². The maximum Gasteiger partial charge on any atom is 0.165 e. The van der Waals surface area contributed by atoms with Gasteiger partial charge in [-0.05, 0) is 31.2 Å². The maximum absolute atomic E-state index is 10.5. The summed E-state index contributed by atoms with van der Waals surface area (Å²) in [6, 6.07) is 7.35. The number of aromatic nitrogens is 3. The zero-order valence-corrected chi connectivity index (χ0v) is 15.9. The average Bonchev–Trinajstić information content (AvgIpc) is 3.00. The summed E-state index contributed by atoms with van der Waals surface area (Å²) in [4.78, 5) is 11.1. The predicted octanol–water partition coefficient (Wildman–Crippen LogP) is 3.72. The van der Waals surface area contributed by atoms with Crippen LogP contribution in [0.1, 0.15) is 18.3 Å². The summed E-state index contributed by atoms with van der Waals surface area (Å²) in [7, 11) is 0. The van der Waals surface area contributed by atoms with Crippen molar-refractivity contribution < 1.29 is 9.84 Å². The highest BCUT2D eigenvalue weighted by atomic mass is 35.5. The minimum Gasteiger partial charge on any atom is -0.504 e. The van der Waals surface area contributed by atoms with Crippen molar-refractivity contribution in [2.45, 2.75) is 26.6 Å². The molecule has 0 amide bonds. The molecule has 1 aliphatic rings. The first-order valence-corrected chi connectivity index (χ1v) is 9.35. The smallest absolute Gasteiger partial charge is 0.165 e. The van der Waals surface area contributed by atoms with Gasteiger partial charge in [-0.1, -0.05) is 11.6 Å². The topological polar surface area (TPSA) is 63.4 Å². The van der Waals surface area contributed by atoms with Gasteiger partial charge in [0.05, 0.1) is 17.3 Å². The highest BCUT2D eigenvalue weighted by Gasteiger charge is 2.21. The number of aryl methyl sites for hydroxylation is 1. The van der Waals surface area contributed by atoms with Crippen LogP contribution >= 0.6 is 11.6 Å². The Hall–Kier alpha value is -2.57. The lowest BCUT2D eigenvalue weighted by Crippen LogP contribution is -2.26. The number of phenols is 1. The first-order valence-electron chi connectivity index (χ1n) is 8.97. The summed E-state index contributed by atoms with van der Waals surface area (Å²) in [5.74, 6) is 1.71. The molecule has 0 bridgehead atoms. The number of ether oxygens (including phenoxy) is 1. The van der Waals surface area contributed by atoms with Crippen molar-refractivity contribution >= 4 is 11.6 Å². The Morgan fingerprint density at radius 3 is 2.93 bits per heavy atom. The number of hydrogen-bond acceptors (Lipinski definition) is 5. The second-order valence-electron chi connectivity index (χ2n) is 6.53. The molecule has 3 aromatic rings. The third kappa shape index (κ3) is 3.77. The molecular weight excluding hydrogens is 364 g/mol. The van der Waals surface area contributed by atoms with Gasteiger partial charge in [0.2, 0.25) is 0 Å². The van der Waals surface area contributed by atoms with Gasteiger partial charge in [0, 0.05) is 49.4 Å². The van der Waals surface area contributed by atoms with Crippen LogP contribution in [0.4, 0.5) is 0 Å². The predicted molar refractivity (Wildman–Crippen MR) is 104 cm³/mol. The molecule has 0 unspecified atom stereocenters. The van der Waals surface area contributed by atoms with Crippen molar-refractivity contribution in [1.82, 2.24) is 19.4 Å². The molecule has 4 rings (SSSR count). The fraction of sp³-hybridized carbons (Fsp3) is 0.300. The lowest BCUT2D eigenvalue weighted by atomic mass is 10.0. The van der Waals surface area contributed by atoms with Gasteiger partial charge in [-0.15, -0.1) is 0 Å². The van der Waals surface area contributed by atoms with E-state index in [0.29, 0.717) is 23.9 Å². The molecule has 0 saturated heterocycles. The van der Waals surface area contributed by atoms with Crippen molar-refractivity contribution in [3.63, 3.8) is 0 Å². The Morgan fingerprint density at radius 1 is 1.26 bits per heavy atom. The van der Waals surface area contributed by atoms with Crippen molar-refractivity contribution in [2.75, 3.05) is 13.2 Å². The third-order valence-electron chi connectivity index (χ3n) is 4.72. The Kier molecular flexibility index (Phi) is 5.01. The molecule has 0 aliphatic carbocycles. The normalized spacial score (nSPS) is 14.4. The number of imidazole rings is 1. The summed E-state index contributed by atoms with van der Waals surface area (Å²) < 4.78 is 7.97. The van der Waals surface area contributed by atoms with Crippen LogP contribution in [-0.4, -0.2) is 37.7 Å². The van der Waals surface area contributed by atoms with E-state index in [0.717, 1.165) is 42.3 Å². The molecule has 3 heterocycles. The second-order valence-corrected chi connectivity index (χ2v) is 6.97. The largest absolute Gasteiger partial charge is 0.504 e. The second kappa shape index (κ2) is 7.58. The molecular formula is C20H21ClN4O2. The number of nitrogens with zero attached hydrogens (tertiary/aromatic N) is 4. The SMILES string of the molecule is CCn1ccnc1CN1CCOc2c(O)cc(-c3ccc(Cl)cn3)cc2C1. The minimum atomic E-state index is 0.135. The van der Waals surface area contributed by atoms with Crippen LogP contribution in [0.15, 0.2) is 42.9 Å². The highest BCUT2D eigenvalue weighted by Crippen LogP contribution is 2.37. The molecule has 0 saturated carbocycles.